The number of hydrogen-bond donors (Lipinski definition) is 2. The van der Waals surface area contributed by atoms with Gasteiger partial charge >= 0.3 is 0 Å². The number of anilines is 1. The van der Waals surface area contributed by atoms with Crippen LogP contribution in [-0.4, -0.2) is 30.3 Å². The van der Waals surface area contributed by atoms with Gasteiger partial charge in [-0.1, -0.05) is 11.3 Å². The van der Waals surface area contributed by atoms with Crippen molar-refractivity contribution in [3.05, 3.63) is 11.1 Å². The SMILES string of the molecule is CNCCCC(=O)Nc1ncc(C(C)=O)s1. The molecule has 1 aromatic rings. The summed E-state index contributed by atoms with van der Waals surface area (Å²) < 4.78 is 0. The Labute approximate surface area is 98.3 Å². The maximum atomic E-state index is 11.4. The van der Waals surface area contributed by atoms with Crippen molar-refractivity contribution in [1.82, 2.24) is 10.3 Å². The van der Waals surface area contributed by atoms with Crippen LogP contribution in [0.4, 0.5) is 5.13 Å². The van der Waals surface area contributed by atoms with Crippen LogP contribution in [0.1, 0.15) is 29.4 Å². The highest BCUT2D eigenvalue weighted by Crippen LogP contribution is 2.18. The van der Waals surface area contributed by atoms with E-state index in [0.29, 0.717) is 16.4 Å². The van der Waals surface area contributed by atoms with Gasteiger partial charge < -0.3 is 10.6 Å². The molecule has 1 aromatic heterocycles. The fourth-order valence-corrected chi connectivity index (χ4v) is 1.83. The van der Waals surface area contributed by atoms with Gasteiger partial charge in [-0.15, -0.1) is 0 Å². The monoisotopic (exact) mass is 241 g/mol. The van der Waals surface area contributed by atoms with Crippen LogP contribution in [0.5, 0.6) is 0 Å². The van der Waals surface area contributed by atoms with Gasteiger partial charge in [0.15, 0.2) is 10.9 Å². The third-order valence-corrected chi connectivity index (χ3v) is 2.94. The zero-order valence-electron chi connectivity index (χ0n) is 9.37. The lowest BCUT2D eigenvalue weighted by atomic mass is 10.3. The minimum atomic E-state index is -0.0697. The summed E-state index contributed by atoms with van der Waals surface area (Å²) in [7, 11) is 1.85. The van der Waals surface area contributed by atoms with Crippen molar-refractivity contribution in [2.75, 3.05) is 18.9 Å². The molecule has 0 aliphatic rings. The first-order valence-corrected chi connectivity index (χ1v) is 5.86. The second-order valence-corrected chi connectivity index (χ2v) is 4.37. The van der Waals surface area contributed by atoms with Gasteiger partial charge in [-0.3, -0.25) is 9.59 Å². The van der Waals surface area contributed by atoms with Crippen molar-refractivity contribution < 1.29 is 9.59 Å². The lowest BCUT2D eigenvalue weighted by molar-refractivity contribution is -0.116. The number of nitrogens with zero attached hydrogens (tertiary/aromatic N) is 1. The molecule has 6 heteroatoms. The topological polar surface area (TPSA) is 71.1 Å². The van der Waals surface area contributed by atoms with Crippen molar-refractivity contribution >= 4 is 28.2 Å². The number of hydrogen-bond acceptors (Lipinski definition) is 5. The number of amides is 1. The smallest absolute Gasteiger partial charge is 0.226 e. The molecule has 0 spiro atoms. The lowest BCUT2D eigenvalue weighted by Crippen LogP contribution is -2.15. The molecule has 0 aromatic carbocycles. The van der Waals surface area contributed by atoms with Crippen molar-refractivity contribution in [3.63, 3.8) is 0 Å². The van der Waals surface area contributed by atoms with Gasteiger partial charge in [0.2, 0.25) is 5.91 Å². The number of Topliss-reactive ketones (excluding diaryl/α,β-unsaturated/α-hetero) is 1. The van der Waals surface area contributed by atoms with Gasteiger partial charge in [0.05, 0.1) is 11.1 Å². The highest BCUT2D eigenvalue weighted by Gasteiger charge is 2.08. The molecule has 0 saturated carbocycles. The van der Waals surface area contributed by atoms with Crippen LogP contribution in [0, 0.1) is 0 Å². The van der Waals surface area contributed by atoms with Crippen LogP contribution < -0.4 is 10.6 Å². The zero-order chi connectivity index (χ0) is 12.0. The van der Waals surface area contributed by atoms with Crippen LogP contribution in [-0.2, 0) is 4.79 Å². The van der Waals surface area contributed by atoms with Crippen LogP contribution >= 0.6 is 11.3 Å². The highest BCUT2D eigenvalue weighted by atomic mass is 32.1. The average molecular weight is 241 g/mol. The van der Waals surface area contributed by atoms with Gasteiger partial charge in [-0.05, 0) is 20.0 Å². The summed E-state index contributed by atoms with van der Waals surface area (Å²) in [6.45, 7) is 2.29. The Morgan fingerprint density at radius 3 is 2.81 bits per heavy atom. The summed E-state index contributed by atoms with van der Waals surface area (Å²) in [4.78, 5) is 26.9. The second kappa shape index (κ2) is 6.34. The molecule has 1 heterocycles. The molecule has 0 fully saturated rings. The minimum Gasteiger partial charge on any atom is -0.320 e. The predicted octanol–water partition coefficient (Wildman–Crippen LogP) is 1.28. The second-order valence-electron chi connectivity index (χ2n) is 3.34. The predicted molar refractivity (Wildman–Crippen MR) is 63.9 cm³/mol. The first-order valence-electron chi connectivity index (χ1n) is 5.04. The van der Waals surface area contributed by atoms with E-state index in [1.54, 1.807) is 0 Å². The number of nitrogens with one attached hydrogen (secondary N) is 2. The maximum absolute atomic E-state index is 11.4. The molecule has 1 rings (SSSR count). The van der Waals surface area contributed by atoms with E-state index in [0.717, 1.165) is 13.0 Å². The molecule has 2 N–H and O–H groups in total. The van der Waals surface area contributed by atoms with Crippen molar-refractivity contribution in [2.45, 2.75) is 19.8 Å². The van der Waals surface area contributed by atoms with E-state index in [4.69, 9.17) is 0 Å². The van der Waals surface area contributed by atoms with E-state index in [1.165, 1.54) is 24.5 Å². The summed E-state index contributed by atoms with van der Waals surface area (Å²) >= 11 is 1.20. The fraction of sp³-hybridized carbons (Fsp3) is 0.500. The van der Waals surface area contributed by atoms with Crippen LogP contribution in [0.2, 0.25) is 0 Å². The number of carbonyl (C=O) groups is 2. The largest absolute Gasteiger partial charge is 0.320 e. The molecular weight excluding hydrogens is 226 g/mol. The van der Waals surface area contributed by atoms with Crippen molar-refractivity contribution in [3.8, 4) is 0 Å². The molecule has 16 heavy (non-hydrogen) atoms. The van der Waals surface area contributed by atoms with Gasteiger partial charge in [-0.25, -0.2) is 4.98 Å². The Morgan fingerprint density at radius 1 is 1.50 bits per heavy atom. The van der Waals surface area contributed by atoms with Crippen LogP contribution in [0.15, 0.2) is 6.20 Å². The first kappa shape index (κ1) is 12.8. The molecule has 0 aliphatic heterocycles. The number of ketones is 1. The summed E-state index contributed by atoms with van der Waals surface area (Å²) in [5.41, 5.74) is 0. The highest BCUT2D eigenvalue weighted by molar-refractivity contribution is 7.17. The molecule has 0 atom stereocenters. The van der Waals surface area contributed by atoms with E-state index < -0.39 is 0 Å². The number of thiazole rings is 1. The van der Waals surface area contributed by atoms with Gasteiger partial charge in [0.25, 0.3) is 0 Å². The maximum Gasteiger partial charge on any atom is 0.226 e. The summed E-state index contributed by atoms with van der Waals surface area (Å²) in [5.74, 6) is -0.104. The number of aromatic nitrogens is 1. The van der Waals surface area contributed by atoms with E-state index in [1.807, 2.05) is 7.05 Å². The molecule has 0 saturated heterocycles. The van der Waals surface area contributed by atoms with E-state index in [9.17, 15) is 9.59 Å². The molecule has 5 nitrogen and oxygen atoms in total. The number of rotatable bonds is 6. The van der Waals surface area contributed by atoms with E-state index in [-0.39, 0.29) is 11.7 Å². The molecule has 0 aliphatic carbocycles. The third kappa shape index (κ3) is 4.08. The van der Waals surface area contributed by atoms with Crippen LogP contribution in [0.3, 0.4) is 0 Å². The Bertz CT molecular complexity index is 376. The molecule has 0 radical (unpaired) electrons. The summed E-state index contributed by atoms with van der Waals surface area (Å²) in [5, 5.41) is 6.12. The minimum absolute atomic E-state index is 0.0341. The van der Waals surface area contributed by atoms with Gasteiger partial charge in [0.1, 0.15) is 0 Å². The molecule has 0 bridgehead atoms. The van der Waals surface area contributed by atoms with Gasteiger partial charge in [-0.2, -0.15) is 0 Å². The first-order chi connectivity index (χ1) is 7.63. The molecular formula is C10H15N3O2S. The van der Waals surface area contributed by atoms with Gasteiger partial charge in [0, 0.05) is 13.3 Å². The Hall–Kier alpha value is -1.27. The standard InChI is InChI=1S/C10H15N3O2S/c1-7(14)8-6-12-10(16-8)13-9(15)4-3-5-11-2/h6,11H,3-5H2,1-2H3,(H,12,13,15). The van der Waals surface area contributed by atoms with E-state index in [2.05, 4.69) is 15.6 Å². The molecule has 88 valence electrons. The van der Waals surface area contributed by atoms with Crippen LogP contribution in [0.25, 0.3) is 0 Å². The Balaban J connectivity index is 2.40. The van der Waals surface area contributed by atoms with Crippen molar-refractivity contribution in [2.24, 2.45) is 0 Å². The normalized spacial score (nSPS) is 10.1. The number of carbonyl (C=O) groups excluding carboxylic acids is 2. The fourth-order valence-electron chi connectivity index (χ4n) is 1.10. The Kier molecular flexibility index (Phi) is 5.07. The third-order valence-electron chi connectivity index (χ3n) is 1.93. The summed E-state index contributed by atoms with van der Waals surface area (Å²) in [6.07, 6.45) is 2.72. The zero-order valence-corrected chi connectivity index (χ0v) is 10.2. The molecule has 1 amide bonds. The van der Waals surface area contributed by atoms with E-state index >= 15 is 0 Å². The Morgan fingerprint density at radius 2 is 2.25 bits per heavy atom. The van der Waals surface area contributed by atoms with Crippen molar-refractivity contribution in [1.29, 1.82) is 0 Å². The summed E-state index contributed by atoms with van der Waals surface area (Å²) in [6, 6.07) is 0. The quantitative estimate of drug-likeness (QED) is 0.581. The average Bonchev–Trinajstić information content (AvgIpc) is 2.66. The lowest BCUT2D eigenvalue weighted by Gasteiger charge is -2.00. The molecule has 0 unspecified atom stereocenters.